The fourth-order valence-electron chi connectivity index (χ4n) is 0. The summed E-state index contributed by atoms with van der Waals surface area (Å²) < 4.78 is 0. The molecule has 0 bridgehead atoms. The number of carboxylic acids is 2. The normalized spacial score (nSPS) is 5.50. The summed E-state index contributed by atoms with van der Waals surface area (Å²) in [6.45, 7) is 0. The van der Waals surface area contributed by atoms with Gasteiger partial charge < -0.3 is 10.2 Å². The maximum atomic E-state index is 9.10. The number of hydrogen-bond donors (Lipinski definition) is 2. The van der Waals surface area contributed by atoms with Crippen molar-refractivity contribution in [3.63, 3.8) is 0 Å². The van der Waals surface area contributed by atoms with Gasteiger partial charge in [-0.3, -0.25) is 0 Å². The molecule has 0 aromatic carbocycles. The minimum atomic E-state index is -1.82. The quantitative estimate of drug-likeness (QED) is 0.372. The van der Waals surface area contributed by atoms with Crippen molar-refractivity contribution in [2.75, 3.05) is 0 Å². The van der Waals surface area contributed by atoms with E-state index in [2.05, 4.69) is 0 Å². The van der Waals surface area contributed by atoms with E-state index in [-0.39, 0.29) is 65.0 Å². The number of carboxylic acid groups (broad SMARTS) is 2. The third-order valence-corrected chi connectivity index (χ3v) is 0.183. The molecule has 0 saturated carbocycles. The first-order valence-electron chi connectivity index (χ1n) is 1.11. The first-order valence-corrected chi connectivity index (χ1v) is 1.11. The van der Waals surface area contributed by atoms with Crippen molar-refractivity contribution < 1.29 is 19.8 Å². The summed E-state index contributed by atoms with van der Waals surface area (Å²) in [6, 6.07) is 0. The van der Waals surface area contributed by atoms with Crippen LogP contribution in [0.25, 0.3) is 0 Å². The van der Waals surface area contributed by atoms with Crippen LogP contribution in [0.4, 0.5) is 0 Å². The summed E-state index contributed by atoms with van der Waals surface area (Å²) in [5, 5.41) is 14.8. The summed E-state index contributed by atoms with van der Waals surface area (Å²) in [5.41, 5.74) is 0. The molecule has 0 atom stereocenters. The Labute approximate surface area is 95.4 Å². The molecule has 2 N–H and O–H groups in total. The molecule has 0 rings (SSSR count). The topological polar surface area (TPSA) is 74.6 Å². The molecule has 2 radical (unpaired) electrons. The van der Waals surface area contributed by atoms with E-state index < -0.39 is 11.9 Å². The van der Waals surface area contributed by atoms with Gasteiger partial charge in [0.2, 0.25) is 0 Å². The molecule has 0 spiro atoms. The van der Waals surface area contributed by atoms with Crippen molar-refractivity contribution in [1.82, 2.24) is 0 Å². The Bertz CT molecular complexity index is 80.0. The summed E-state index contributed by atoms with van der Waals surface area (Å²) in [6.07, 6.45) is 0. The fraction of sp³-hybridized carbons (Fsp3) is 0. The predicted octanol–water partition coefficient (Wildman–Crippen LogP) is -2.68. The van der Waals surface area contributed by atoms with Crippen LogP contribution < -0.4 is 0 Å². The van der Waals surface area contributed by atoms with E-state index in [0.29, 0.717) is 0 Å². The standard InChI is InChI=1S/C2H2O4.Ca.Pb.4H/c3-1(4)2(5)6;;;;;;/h(H,3,4)(H,5,6);;;;;;. The van der Waals surface area contributed by atoms with Gasteiger partial charge in [-0.15, -0.1) is 0 Å². The van der Waals surface area contributed by atoms with Crippen LogP contribution in [-0.2, 0) is 9.59 Å². The van der Waals surface area contributed by atoms with Gasteiger partial charge >= 0.3 is 77.0 Å². The van der Waals surface area contributed by atoms with E-state index in [1.54, 1.807) is 0 Å². The minimum absolute atomic E-state index is 0. The van der Waals surface area contributed by atoms with Gasteiger partial charge in [-0.05, 0) is 0 Å². The van der Waals surface area contributed by atoms with Gasteiger partial charge in [0, 0.05) is 0 Å². The Morgan fingerprint density at radius 3 is 1.12 bits per heavy atom. The number of rotatable bonds is 0. The van der Waals surface area contributed by atoms with Crippen LogP contribution in [0.5, 0.6) is 0 Å². The molecular formula is C2H6CaO4Pb. The molecule has 8 heavy (non-hydrogen) atoms. The third kappa shape index (κ3) is 10.2. The predicted molar refractivity (Wildman–Crippen MR) is 32.4 cm³/mol. The first-order chi connectivity index (χ1) is 2.64. The zero-order valence-electron chi connectivity index (χ0n) is 3.42. The fourth-order valence-corrected chi connectivity index (χ4v) is 0. The van der Waals surface area contributed by atoms with Crippen molar-refractivity contribution in [2.24, 2.45) is 0 Å². The monoisotopic (exact) mass is 342 g/mol. The van der Waals surface area contributed by atoms with Gasteiger partial charge in [-0.1, -0.05) is 0 Å². The molecule has 6 heteroatoms. The Morgan fingerprint density at radius 2 is 1.12 bits per heavy atom. The number of hydrogen-bond acceptors (Lipinski definition) is 2. The Morgan fingerprint density at radius 1 is 1.00 bits per heavy atom. The summed E-state index contributed by atoms with van der Waals surface area (Å²) >= 11 is 0. The van der Waals surface area contributed by atoms with Gasteiger partial charge in [-0.25, -0.2) is 9.59 Å². The van der Waals surface area contributed by atoms with Crippen LogP contribution >= 0.6 is 0 Å². The molecule has 4 nitrogen and oxygen atoms in total. The van der Waals surface area contributed by atoms with Crippen molar-refractivity contribution in [2.45, 2.75) is 0 Å². The summed E-state index contributed by atoms with van der Waals surface area (Å²) in [7, 11) is 0. The van der Waals surface area contributed by atoms with Crippen molar-refractivity contribution in [3.05, 3.63) is 0 Å². The first kappa shape index (κ1) is 16.1. The SMILES string of the molecule is O=C(O)C(=O)O.[CaH2].[PbH2]. The number of aliphatic carboxylic acids is 2. The molecule has 0 aliphatic heterocycles. The van der Waals surface area contributed by atoms with Gasteiger partial charge in [0.05, 0.1) is 0 Å². The van der Waals surface area contributed by atoms with Gasteiger partial charge in [-0.2, -0.15) is 0 Å². The molecule has 0 aliphatic rings. The van der Waals surface area contributed by atoms with E-state index >= 15 is 0 Å². The van der Waals surface area contributed by atoms with Crippen LogP contribution in [0.3, 0.4) is 0 Å². The zero-order chi connectivity index (χ0) is 5.15. The summed E-state index contributed by atoms with van der Waals surface area (Å²) in [5.74, 6) is -3.65. The Kier molecular flexibility index (Phi) is 16.3. The molecule has 0 saturated heterocycles. The molecule has 0 aromatic heterocycles. The maximum absolute atomic E-state index is 9.10. The van der Waals surface area contributed by atoms with Crippen LogP contribution in [0.2, 0.25) is 0 Å². The molecule has 0 unspecified atom stereocenters. The second-order valence-electron chi connectivity index (χ2n) is 0.610. The van der Waals surface area contributed by atoms with E-state index in [9.17, 15) is 0 Å². The van der Waals surface area contributed by atoms with E-state index in [4.69, 9.17) is 19.8 Å². The van der Waals surface area contributed by atoms with Crippen LogP contribution in [0, 0.1) is 0 Å². The second-order valence-corrected chi connectivity index (χ2v) is 0.610. The zero-order valence-corrected chi connectivity index (χ0v) is 8.92. The molecular weight excluding hydrogens is 335 g/mol. The van der Waals surface area contributed by atoms with Crippen LogP contribution in [0.1, 0.15) is 0 Å². The Hall–Kier alpha value is 1.12. The van der Waals surface area contributed by atoms with Gasteiger partial charge in [0.1, 0.15) is 0 Å². The van der Waals surface area contributed by atoms with E-state index in [1.807, 2.05) is 0 Å². The summed E-state index contributed by atoms with van der Waals surface area (Å²) in [4.78, 5) is 18.2. The molecule has 0 aromatic rings. The van der Waals surface area contributed by atoms with Crippen LogP contribution in [0.15, 0.2) is 0 Å². The second kappa shape index (κ2) is 8.12. The van der Waals surface area contributed by atoms with Crippen LogP contribution in [-0.4, -0.2) is 87.2 Å². The van der Waals surface area contributed by atoms with E-state index in [1.165, 1.54) is 0 Å². The third-order valence-electron chi connectivity index (χ3n) is 0.183. The average molecular weight is 341 g/mol. The van der Waals surface area contributed by atoms with Crippen molar-refractivity contribution in [3.8, 4) is 0 Å². The van der Waals surface area contributed by atoms with Gasteiger partial charge in [0.15, 0.2) is 0 Å². The average Bonchev–Trinajstić information content (AvgIpc) is 1.36. The number of carbonyl (C=O) groups is 2. The Balaban J connectivity index is -0.000000125. The van der Waals surface area contributed by atoms with Crippen molar-refractivity contribution >= 4 is 77.0 Å². The molecule has 44 valence electrons. The molecule has 0 fully saturated rings. The van der Waals surface area contributed by atoms with Gasteiger partial charge in [0.25, 0.3) is 0 Å². The molecule has 0 aliphatic carbocycles. The van der Waals surface area contributed by atoms with E-state index in [0.717, 1.165) is 0 Å². The van der Waals surface area contributed by atoms with Crippen molar-refractivity contribution in [1.29, 1.82) is 0 Å². The molecule has 0 amide bonds. The molecule has 0 heterocycles.